The van der Waals surface area contributed by atoms with E-state index in [9.17, 15) is 20.4 Å². The van der Waals surface area contributed by atoms with Crippen LogP contribution in [-0.4, -0.2) is 67.5 Å². The fraction of sp³-hybridized carbons (Fsp3) is 0.923. The van der Waals surface area contributed by atoms with Crippen LogP contribution in [0.1, 0.15) is 27.7 Å². The van der Waals surface area contributed by atoms with Crippen LogP contribution in [-0.2, 0) is 34.1 Å². The van der Waals surface area contributed by atoms with Gasteiger partial charge in [0.15, 0.2) is 0 Å². The molecule has 0 radical (unpaired) electrons. The van der Waals surface area contributed by atoms with Gasteiger partial charge in [-0.3, -0.25) is 7.92 Å². The first-order chi connectivity index (χ1) is 8.68. The molecule has 130 valence electrons. The van der Waals surface area contributed by atoms with Crippen molar-refractivity contribution in [3.8, 4) is 0 Å². The van der Waals surface area contributed by atoms with Crippen LogP contribution in [0.3, 0.4) is 0 Å². The smallest absolute Gasteiger partial charge is 0.0867 e. The summed E-state index contributed by atoms with van der Waals surface area (Å²) in [6, 6.07) is 0. The number of aliphatic hydroxyl groups is 4. The maximum absolute atomic E-state index is 9.33. The van der Waals surface area contributed by atoms with Crippen LogP contribution >= 0.6 is 16.5 Å². The molecule has 2 saturated heterocycles. The molecule has 2 heterocycles. The molecule has 2 rings (SSSR count). The van der Waals surface area contributed by atoms with E-state index in [1.54, 1.807) is 0 Å². The predicted octanol–water partition coefficient (Wildman–Crippen LogP) is 0.945. The van der Waals surface area contributed by atoms with Crippen molar-refractivity contribution in [1.82, 2.24) is 0 Å². The Bertz CT molecular complexity index is 245. The Morgan fingerprint density at radius 2 is 1.00 bits per heavy atom. The zero-order chi connectivity index (χ0) is 14.9. The van der Waals surface area contributed by atoms with Gasteiger partial charge in [-0.05, 0) is 11.3 Å². The van der Waals surface area contributed by atoms with Gasteiger partial charge in [0.05, 0.1) is 24.4 Å². The van der Waals surface area contributed by atoms with Crippen LogP contribution < -0.4 is 0 Å². The SMILES string of the molecule is C[C@@H]1P[C@@H](C)[C@@H](O)[C@@H]1O.[CH2-]P1[C@@H](C)[C@@H](O)[C@H](O)[C@@H]1C.[Fe].[Fe]. The second-order valence-electron chi connectivity index (χ2n) is 5.70. The van der Waals surface area contributed by atoms with E-state index in [1.807, 2.05) is 27.7 Å². The van der Waals surface area contributed by atoms with Gasteiger partial charge in [0.25, 0.3) is 0 Å². The molecular formula is C13H27Fe2O4P2-. The first-order valence-corrected chi connectivity index (χ1v) is 9.57. The van der Waals surface area contributed by atoms with Gasteiger partial charge < -0.3 is 27.1 Å². The molecule has 4 nitrogen and oxygen atoms in total. The van der Waals surface area contributed by atoms with E-state index < -0.39 is 32.3 Å². The molecule has 0 bridgehead atoms. The van der Waals surface area contributed by atoms with E-state index >= 15 is 0 Å². The minimum absolute atomic E-state index is 0. The molecule has 0 aliphatic carbocycles. The molecule has 2 fully saturated rings. The summed E-state index contributed by atoms with van der Waals surface area (Å²) in [5.74, 6) is 0. The van der Waals surface area contributed by atoms with Crippen molar-refractivity contribution in [2.75, 3.05) is 0 Å². The van der Waals surface area contributed by atoms with Crippen molar-refractivity contribution >= 4 is 16.5 Å². The van der Waals surface area contributed by atoms with Gasteiger partial charge in [-0.15, -0.1) is 8.58 Å². The van der Waals surface area contributed by atoms with Gasteiger partial charge in [-0.25, -0.2) is 0 Å². The van der Waals surface area contributed by atoms with E-state index in [4.69, 9.17) is 0 Å². The van der Waals surface area contributed by atoms with Crippen molar-refractivity contribution in [2.24, 2.45) is 0 Å². The molecule has 21 heavy (non-hydrogen) atoms. The average molecular weight is 421 g/mol. The third-order valence-electron chi connectivity index (χ3n) is 4.28. The van der Waals surface area contributed by atoms with Crippen LogP contribution in [0.25, 0.3) is 0 Å². The van der Waals surface area contributed by atoms with Crippen molar-refractivity contribution in [2.45, 2.75) is 74.7 Å². The van der Waals surface area contributed by atoms with Gasteiger partial charge in [0, 0.05) is 45.5 Å². The van der Waals surface area contributed by atoms with Crippen molar-refractivity contribution < 1.29 is 54.6 Å². The molecule has 2 aliphatic rings. The third kappa shape index (κ3) is 5.95. The molecule has 2 aliphatic heterocycles. The molecule has 0 amide bonds. The summed E-state index contributed by atoms with van der Waals surface area (Å²) in [7, 11) is 0.301. The van der Waals surface area contributed by atoms with E-state index in [1.165, 1.54) is 0 Å². The quantitative estimate of drug-likeness (QED) is 0.267. The second kappa shape index (κ2) is 10.6. The van der Waals surface area contributed by atoms with Crippen molar-refractivity contribution in [3.05, 3.63) is 6.66 Å². The molecule has 8 atom stereocenters. The summed E-state index contributed by atoms with van der Waals surface area (Å²) in [6.07, 6.45) is -2.03. The van der Waals surface area contributed by atoms with Gasteiger partial charge >= 0.3 is 0 Å². The van der Waals surface area contributed by atoms with Gasteiger partial charge in [-0.1, -0.05) is 27.7 Å². The summed E-state index contributed by atoms with van der Waals surface area (Å²) in [6.45, 7) is 11.8. The molecular weight excluding hydrogens is 394 g/mol. The standard InChI is InChI=1S/C7H14O2P.C6H13O2P.2Fe/c1-4-6(8)7(9)5(2)10(4)3;1-3-5(7)6(8)4(2)9-3;;/h4-9H,3H2,1-2H3;3-9H,1-2H3;;/q-1;;;/t4-,5-,6+,7+;3-,4-,5+,6+;;/m00../s1. The van der Waals surface area contributed by atoms with Crippen LogP contribution in [0.5, 0.6) is 0 Å². The number of hydrogen-bond acceptors (Lipinski definition) is 4. The zero-order valence-electron chi connectivity index (χ0n) is 12.8. The summed E-state index contributed by atoms with van der Waals surface area (Å²) < 4.78 is 0. The topological polar surface area (TPSA) is 80.9 Å². The fourth-order valence-corrected chi connectivity index (χ4v) is 6.03. The van der Waals surface area contributed by atoms with Gasteiger partial charge in [-0.2, -0.15) is 0 Å². The normalized spacial score (nSPS) is 49.9. The minimum atomic E-state index is -0.543. The average Bonchev–Trinajstić information content (AvgIpc) is 2.69. The Hall–Kier alpha value is 1.74. The molecule has 4 N–H and O–H groups in total. The van der Waals surface area contributed by atoms with E-state index in [0.29, 0.717) is 19.9 Å². The number of rotatable bonds is 0. The van der Waals surface area contributed by atoms with Gasteiger partial charge in [0.2, 0.25) is 0 Å². The maximum Gasteiger partial charge on any atom is 0.0867 e. The van der Waals surface area contributed by atoms with Crippen LogP contribution in [0.4, 0.5) is 0 Å². The summed E-state index contributed by atoms with van der Waals surface area (Å²) >= 11 is 0. The first-order valence-electron chi connectivity index (χ1n) is 6.75. The Balaban J connectivity index is 0. The Morgan fingerprint density at radius 1 is 0.714 bits per heavy atom. The number of hydrogen-bond donors (Lipinski definition) is 4. The van der Waals surface area contributed by atoms with Crippen LogP contribution in [0.15, 0.2) is 0 Å². The van der Waals surface area contributed by atoms with Crippen molar-refractivity contribution in [3.63, 3.8) is 0 Å². The molecule has 0 unspecified atom stereocenters. The molecule has 0 spiro atoms. The largest absolute Gasteiger partial charge is 0.390 e. The van der Waals surface area contributed by atoms with E-state index in [-0.39, 0.29) is 45.5 Å². The molecule has 0 saturated carbocycles. The minimum Gasteiger partial charge on any atom is -0.390 e. The van der Waals surface area contributed by atoms with Gasteiger partial charge in [0.1, 0.15) is 0 Å². The van der Waals surface area contributed by atoms with E-state index in [0.717, 1.165) is 0 Å². The Labute approximate surface area is 152 Å². The molecule has 8 heteroatoms. The second-order valence-corrected chi connectivity index (χ2v) is 10.5. The number of aliphatic hydroxyl groups excluding tert-OH is 4. The summed E-state index contributed by atoms with van der Waals surface area (Å²) in [5.41, 5.74) is 0.991. The Kier molecular flexibility index (Phi) is 12.6. The molecule has 0 aromatic rings. The first kappa shape index (κ1) is 25.0. The summed E-state index contributed by atoms with van der Waals surface area (Å²) in [4.78, 5) is 0. The Morgan fingerprint density at radius 3 is 1.10 bits per heavy atom. The van der Waals surface area contributed by atoms with E-state index in [2.05, 4.69) is 6.66 Å². The summed E-state index contributed by atoms with van der Waals surface area (Å²) in [5, 5.41) is 37.1. The fourth-order valence-electron chi connectivity index (χ4n) is 2.54. The zero-order valence-corrected chi connectivity index (χ0v) is 16.9. The van der Waals surface area contributed by atoms with Crippen molar-refractivity contribution in [1.29, 1.82) is 0 Å². The monoisotopic (exact) mass is 421 g/mol. The van der Waals surface area contributed by atoms with Crippen LogP contribution in [0.2, 0.25) is 0 Å². The molecule has 0 aromatic carbocycles. The predicted molar refractivity (Wildman–Crippen MR) is 82.5 cm³/mol. The van der Waals surface area contributed by atoms with Crippen LogP contribution in [0, 0.1) is 6.66 Å². The third-order valence-corrected chi connectivity index (χ3v) is 8.72. The molecule has 0 aromatic heterocycles. The maximum atomic E-state index is 9.33.